The molecule has 0 atom stereocenters. The fourth-order valence-corrected chi connectivity index (χ4v) is 4.72. The summed E-state index contributed by atoms with van der Waals surface area (Å²) >= 11 is 0. The van der Waals surface area contributed by atoms with E-state index in [1.54, 1.807) is 21.3 Å². The number of allylic oxidation sites excluding steroid dienone is 1. The molecule has 0 bridgehead atoms. The van der Waals surface area contributed by atoms with Gasteiger partial charge in [-0.3, -0.25) is 0 Å². The van der Waals surface area contributed by atoms with E-state index >= 15 is 0 Å². The van der Waals surface area contributed by atoms with Crippen LogP contribution in [0.5, 0.6) is 17.2 Å². The first kappa shape index (κ1) is 24.5. The molecular formula is C29H34N2O4. The van der Waals surface area contributed by atoms with E-state index in [0.717, 1.165) is 34.0 Å². The summed E-state index contributed by atoms with van der Waals surface area (Å²) in [5.74, 6) is 2.24. The number of methoxy groups -OCH3 is 3. The summed E-state index contributed by atoms with van der Waals surface area (Å²) in [6.07, 6.45) is 2.28. The van der Waals surface area contributed by atoms with Crippen LogP contribution in [-0.2, 0) is 11.3 Å². The molecule has 6 heteroatoms. The highest BCUT2D eigenvalue weighted by molar-refractivity contribution is 5.89. The first-order valence-electron chi connectivity index (χ1n) is 11.7. The van der Waals surface area contributed by atoms with Gasteiger partial charge >= 0.3 is 0 Å². The van der Waals surface area contributed by atoms with Gasteiger partial charge in [-0.25, -0.2) is 0 Å². The standard InChI is InChI=1S/C29H34N2O4/c1-19-16-29(2,3)31-25-14-13-21(22-12-11-20(35-18-32-4)15-27(22)34-6)23(28(19)25)17-30-24-9-7-8-10-26(24)33-5/h7-16,30-31H,17-18H2,1-6H3. The van der Waals surface area contributed by atoms with E-state index in [-0.39, 0.29) is 12.3 Å². The fraction of sp³-hybridized carbons (Fsp3) is 0.310. The lowest BCUT2D eigenvalue weighted by Crippen LogP contribution is -2.32. The summed E-state index contributed by atoms with van der Waals surface area (Å²) in [6, 6.07) is 18.2. The van der Waals surface area contributed by atoms with Crippen molar-refractivity contribution in [2.24, 2.45) is 0 Å². The third-order valence-electron chi connectivity index (χ3n) is 6.11. The van der Waals surface area contributed by atoms with Gasteiger partial charge in [-0.2, -0.15) is 0 Å². The van der Waals surface area contributed by atoms with Crippen molar-refractivity contribution in [3.63, 3.8) is 0 Å². The van der Waals surface area contributed by atoms with Crippen LogP contribution in [0.3, 0.4) is 0 Å². The van der Waals surface area contributed by atoms with Crippen molar-refractivity contribution < 1.29 is 18.9 Å². The summed E-state index contributed by atoms with van der Waals surface area (Å²) in [4.78, 5) is 0. The van der Waals surface area contributed by atoms with Crippen LogP contribution in [-0.4, -0.2) is 33.7 Å². The number of hydrogen-bond donors (Lipinski definition) is 2. The average Bonchev–Trinajstić information content (AvgIpc) is 2.85. The van der Waals surface area contributed by atoms with Crippen LogP contribution in [0.2, 0.25) is 0 Å². The van der Waals surface area contributed by atoms with Crippen molar-refractivity contribution in [2.75, 3.05) is 38.8 Å². The Morgan fingerprint density at radius 2 is 1.63 bits per heavy atom. The molecule has 1 aliphatic rings. The second-order valence-electron chi connectivity index (χ2n) is 9.16. The molecule has 4 rings (SSSR count). The Bertz CT molecular complexity index is 1230. The van der Waals surface area contributed by atoms with Crippen molar-refractivity contribution in [1.82, 2.24) is 0 Å². The highest BCUT2D eigenvalue weighted by Gasteiger charge is 2.26. The molecule has 3 aromatic rings. The summed E-state index contributed by atoms with van der Waals surface area (Å²) in [6.45, 7) is 7.33. The first-order valence-corrected chi connectivity index (χ1v) is 11.7. The number of fused-ring (bicyclic) bond motifs is 1. The predicted molar refractivity (Wildman–Crippen MR) is 143 cm³/mol. The Morgan fingerprint density at radius 3 is 2.37 bits per heavy atom. The van der Waals surface area contributed by atoms with Crippen LogP contribution in [0.4, 0.5) is 11.4 Å². The van der Waals surface area contributed by atoms with Gasteiger partial charge in [0.15, 0.2) is 6.79 Å². The van der Waals surface area contributed by atoms with Gasteiger partial charge in [-0.1, -0.05) is 24.3 Å². The van der Waals surface area contributed by atoms with Crippen molar-refractivity contribution in [3.05, 3.63) is 71.8 Å². The van der Waals surface area contributed by atoms with Gasteiger partial charge in [-0.15, -0.1) is 0 Å². The van der Waals surface area contributed by atoms with E-state index in [2.05, 4.69) is 49.6 Å². The molecule has 0 fully saturated rings. The maximum Gasteiger partial charge on any atom is 0.188 e. The van der Waals surface area contributed by atoms with E-state index in [1.807, 2.05) is 42.5 Å². The summed E-state index contributed by atoms with van der Waals surface area (Å²) < 4.78 is 22.0. The third-order valence-corrected chi connectivity index (χ3v) is 6.11. The summed E-state index contributed by atoms with van der Waals surface area (Å²) in [7, 11) is 4.97. The number of nitrogens with one attached hydrogen (secondary N) is 2. The van der Waals surface area contributed by atoms with E-state index in [4.69, 9.17) is 18.9 Å². The minimum absolute atomic E-state index is 0.121. The number of ether oxygens (including phenoxy) is 4. The zero-order chi connectivity index (χ0) is 25.0. The van der Waals surface area contributed by atoms with Crippen LogP contribution < -0.4 is 24.8 Å². The van der Waals surface area contributed by atoms with Gasteiger partial charge in [-0.05, 0) is 67.8 Å². The monoisotopic (exact) mass is 474 g/mol. The fourth-order valence-electron chi connectivity index (χ4n) is 4.72. The molecule has 0 spiro atoms. The number of rotatable bonds is 9. The zero-order valence-electron chi connectivity index (χ0n) is 21.3. The zero-order valence-corrected chi connectivity index (χ0v) is 21.3. The van der Waals surface area contributed by atoms with Crippen LogP contribution >= 0.6 is 0 Å². The summed E-state index contributed by atoms with van der Waals surface area (Å²) in [5, 5.41) is 7.27. The second kappa shape index (κ2) is 10.3. The maximum atomic E-state index is 5.79. The van der Waals surface area contributed by atoms with Crippen molar-refractivity contribution in [3.8, 4) is 28.4 Å². The number of hydrogen-bond acceptors (Lipinski definition) is 6. The molecule has 0 saturated heterocycles. The van der Waals surface area contributed by atoms with Gasteiger partial charge in [0, 0.05) is 36.5 Å². The lowest BCUT2D eigenvalue weighted by Gasteiger charge is -2.33. The minimum Gasteiger partial charge on any atom is -0.496 e. The van der Waals surface area contributed by atoms with Gasteiger partial charge in [0.05, 0.1) is 25.4 Å². The van der Waals surface area contributed by atoms with Crippen LogP contribution in [0, 0.1) is 0 Å². The largest absolute Gasteiger partial charge is 0.496 e. The lowest BCUT2D eigenvalue weighted by atomic mass is 9.85. The molecular weight excluding hydrogens is 440 g/mol. The second-order valence-corrected chi connectivity index (χ2v) is 9.16. The quantitative estimate of drug-likeness (QED) is 0.342. The van der Waals surface area contributed by atoms with Crippen LogP contribution in [0.1, 0.15) is 31.9 Å². The van der Waals surface area contributed by atoms with E-state index in [9.17, 15) is 0 Å². The van der Waals surface area contributed by atoms with Gasteiger partial charge in [0.25, 0.3) is 0 Å². The highest BCUT2D eigenvalue weighted by atomic mass is 16.7. The molecule has 6 nitrogen and oxygen atoms in total. The molecule has 2 N–H and O–H groups in total. The molecule has 3 aromatic carbocycles. The minimum atomic E-state index is -0.121. The van der Waals surface area contributed by atoms with Gasteiger partial charge < -0.3 is 29.6 Å². The summed E-state index contributed by atoms with van der Waals surface area (Å²) in [5.41, 5.74) is 7.64. The van der Waals surface area contributed by atoms with Crippen molar-refractivity contribution in [2.45, 2.75) is 32.9 Å². The van der Waals surface area contributed by atoms with Crippen LogP contribution in [0.15, 0.2) is 60.7 Å². The number of para-hydroxylation sites is 2. The number of anilines is 2. The SMILES string of the molecule is COCOc1ccc(-c2ccc3c(c2CNc2ccccc2OC)C(C)=CC(C)(C)N3)c(OC)c1. The van der Waals surface area contributed by atoms with E-state index < -0.39 is 0 Å². The predicted octanol–water partition coefficient (Wildman–Crippen LogP) is 6.57. The molecule has 0 saturated carbocycles. The van der Waals surface area contributed by atoms with Gasteiger partial charge in [0.2, 0.25) is 0 Å². The molecule has 184 valence electrons. The molecule has 0 amide bonds. The Kier molecular flexibility index (Phi) is 7.22. The topological polar surface area (TPSA) is 61.0 Å². The maximum absolute atomic E-state index is 5.79. The van der Waals surface area contributed by atoms with Crippen LogP contribution in [0.25, 0.3) is 16.7 Å². The highest BCUT2D eigenvalue weighted by Crippen LogP contribution is 2.43. The smallest absolute Gasteiger partial charge is 0.188 e. The Labute approximate surface area is 207 Å². The molecule has 0 radical (unpaired) electrons. The van der Waals surface area contributed by atoms with Gasteiger partial charge in [0.1, 0.15) is 17.2 Å². The first-order chi connectivity index (χ1) is 16.9. The molecule has 0 aromatic heterocycles. The Morgan fingerprint density at radius 1 is 0.886 bits per heavy atom. The third kappa shape index (κ3) is 5.23. The molecule has 35 heavy (non-hydrogen) atoms. The molecule has 1 heterocycles. The van der Waals surface area contributed by atoms with E-state index in [0.29, 0.717) is 12.3 Å². The van der Waals surface area contributed by atoms with Crippen molar-refractivity contribution in [1.29, 1.82) is 0 Å². The molecule has 0 aliphatic carbocycles. The van der Waals surface area contributed by atoms with E-state index in [1.165, 1.54) is 16.7 Å². The molecule has 1 aliphatic heterocycles. The Hall–Kier alpha value is -3.64. The lowest BCUT2D eigenvalue weighted by molar-refractivity contribution is 0.0510. The number of benzene rings is 3. The normalized spacial score (nSPS) is 13.8. The van der Waals surface area contributed by atoms with Crippen molar-refractivity contribution >= 4 is 16.9 Å². The molecule has 0 unspecified atom stereocenters. The Balaban J connectivity index is 1.83. The average molecular weight is 475 g/mol.